The summed E-state index contributed by atoms with van der Waals surface area (Å²) in [6.07, 6.45) is 4.61. The van der Waals surface area contributed by atoms with Crippen LogP contribution in [-0.4, -0.2) is 10.9 Å². The van der Waals surface area contributed by atoms with E-state index >= 15 is 0 Å². The molecule has 0 aliphatic heterocycles. The summed E-state index contributed by atoms with van der Waals surface area (Å²) >= 11 is 0. The zero-order chi connectivity index (χ0) is 9.10. The summed E-state index contributed by atoms with van der Waals surface area (Å²) in [5.74, 6) is 0. The van der Waals surface area contributed by atoms with Gasteiger partial charge in [-0.1, -0.05) is 30.3 Å². The van der Waals surface area contributed by atoms with E-state index in [9.17, 15) is 0 Å². The molecular formula is C11H12N2. The predicted octanol–water partition coefficient (Wildman–Crippen LogP) is 2.13. The van der Waals surface area contributed by atoms with E-state index in [0.29, 0.717) is 6.04 Å². The van der Waals surface area contributed by atoms with Crippen molar-refractivity contribution < 1.29 is 0 Å². The van der Waals surface area contributed by atoms with E-state index in [1.165, 1.54) is 18.4 Å². The average molecular weight is 172 g/mol. The third-order valence-electron chi connectivity index (χ3n) is 2.31. The summed E-state index contributed by atoms with van der Waals surface area (Å²) in [5.41, 5.74) is 1.22. The van der Waals surface area contributed by atoms with Crippen molar-refractivity contribution in [3.05, 3.63) is 35.9 Å². The van der Waals surface area contributed by atoms with Gasteiger partial charge in [-0.2, -0.15) is 5.26 Å². The highest BCUT2D eigenvalue weighted by atomic mass is 15.2. The minimum Gasteiger partial charge on any atom is -0.303 e. The van der Waals surface area contributed by atoms with Crippen molar-refractivity contribution in [3.8, 4) is 6.19 Å². The molecule has 1 aliphatic carbocycles. The van der Waals surface area contributed by atoms with Gasteiger partial charge in [-0.05, 0) is 18.4 Å². The molecule has 0 atom stereocenters. The molecule has 1 aromatic carbocycles. The van der Waals surface area contributed by atoms with Gasteiger partial charge in [0.2, 0.25) is 0 Å². The second-order valence-electron chi connectivity index (χ2n) is 3.44. The van der Waals surface area contributed by atoms with Gasteiger partial charge in [-0.3, -0.25) is 0 Å². The standard InChI is InChI=1S/C11H12N2/c12-9-13(11-6-7-11)8-10-4-2-1-3-5-10/h1-5,11H,6-8H2. The first kappa shape index (κ1) is 8.12. The molecule has 0 radical (unpaired) electrons. The molecule has 0 heterocycles. The second-order valence-corrected chi connectivity index (χ2v) is 3.44. The van der Waals surface area contributed by atoms with Crippen molar-refractivity contribution in [3.63, 3.8) is 0 Å². The average Bonchev–Trinajstić information content (AvgIpc) is 2.99. The predicted molar refractivity (Wildman–Crippen MR) is 50.6 cm³/mol. The Bertz CT molecular complexity index is 309. The van der Waals surface area contributed by atoms with Crippen LogP contribution in [0.15, 0.2) is 30.3 Å². The first-order chi connectivity index (χ1) is 6.40. The molecule has 1 fully saturated rings. The van der Waals surface area contributed by atoms with E-state index in [1.807, 2.05) is 23.1 Å². The smallest absolute Gasteiger partial charge is 0.179 e. The summed E-state index contributed by atoms with van der Waals surface area (Å²) in [7, 11) is 0. The molecule has 1 saturated carbocycles. The first-order valence-electron chi connectivity index (χ1n) is 4.60. The van der Waals surface area contributed by atoms with Crippen LogP contribution in [0.5, 0.6) is 0 Å². The molecule has 2 nitrogen and oxygen atoms in total. The largest absolute Gasteiger partial charge is 0.303 e. The Hall–Kier alpha value is -1.49. The number of hydrogen-bond acceptors (Lipinski definition) is 2. The van der Waals surface area contributed by atoms with Crippen molar-refractivity contribution >= 4 is 0 Å². The van der Waals surface area contributed by atoms with Gasteiger partial charge in [0, 0.05) is 6.04 Å². The maximum Gasteiger partial charge on any atom is 0.179 e. The fourth-order valence-corrected chi connectivity index (χ4v) is 1.41. The zero-order valence-corrected chi connectivity index (χ0v) is 7.48. The number of hydrogen-bond donors (Lipinski definition) is 0. The third-order valence-corrected chi connectivity index (χ3v) is 2.31. The van der Waals surface area contributed by atoms with Crippen LogP contribution in [0.2, 0.25) is 0 Å². The summed E-state index contributed by atoms with van der Waals surface area (Å²) in [5, 5.41) is 8.87. The second kappa shape index (κ2) is 3.49. The van der Waals surface area contributed by atoms with Gasteiger partial charge in [0.15, 0.2) is 6.19 Å². The van der Waals surface area contributed by atoms with Gasteiger partial charge >= 0.3 is 0 Å². The van der Waals surface area contributed by atoms with Crippen molar-refractivity contribution in [2.75, 3.05) is 0 Å². The van der Waals surface area contributed by atoms with Crippen LogP contribution < -0.4 is 0 Å². The highest BCUT2D eigenvalue weighted by Crippen LogP contribution is 2.27. The van der Waals surface area contributed by atoms with Crippen LogP contribution in [0.25, 0.3) is 0 Å². The number of rotatable bonds is 3. The number of nitriles is 1. The minimum atomic E-state index is 0.519. The van der Waals surface area contributed by atoms with Crippen LogP contribution in [-0.2, 0) is 6.54 Å². The van der Waals surface area contributed by atoms with Gasteiger partial charge in [0.05, 0.1) is 6.54 Å². The van der Waals surface area contributed by atoms with E-state index in [2.05, 4.69) is 18.3 Å². The number of nitrogens with zero attached hydrogens (tertiary/aromatic N) is 2. The topological polar surface area (TPSA) is 27.0 Å². The van der Waals surface area contributed by atoms with Crippen LogP contribution in [0.3, 0.4) is 0 Å². The first-order valence-corrected chi connectivity index (χ1v) is 4.60. The molecule has 1 aliphatic rings. The third kappa shape index (κ3) is 2.00. The Morgan fingerprint density at radius 1 is 1.31 bits per heavy atom. The highest BCUT2D eigenvalue weighted by molar-refractivity contribution is 5.15. The van der Waals surface area contributed by atoms with E-state index in [-0.39, 0.29) is 0 Å². The Kier molecular flexibility index (Phi) is 2.18. The molecule has 0 unspecified atom stereocenters. The monoisotopic (exact) mass is 172 g/mol. The van der Waals surface area contributed by atoms with E-state index < -0.39 is 0 Å². The van der Waals surface area contributed by atoms with Crippen LogP contribution in [0.1, 0.15) is 18.4 Å². The van der Waals surface area contributed by atoms with Gasteiger partial charge in [-0.25, -0.2) is 0 Å². The summed E-state index contributed by atoms with van der Waals surface area (Å²) in [6.45, 7) is 0.766. The molecule has 2 rings (SSSR count). The van der Waals surface area contributed by atoms with Crippen LogP contribution in [0, 0.1) is 11.5 Å². The van der Waals surface area contributed by atoms with Gasteiger partial charge in [0.1, 0.15) is 0 Å². The van der Waals surface area contributed by atoms with Crippen molar-refractivity contribution in [1.82, 2.24) is 4.90 Å². The fourth-order valence-electron chi connectivity index (χ4n) is 1.41. The number of benzene rings is 1. The van der Waals surface area contributed by atoms with Gasteiger partial charge in [0.25, 0.3) is 0 Å². The van der Waals surface area contributed by atoms with Crippen molar-refractivity contribution in [1.29, 1.82) is 5.26 Å². The van der Waals surface area contributed by atoms with Gasteiger partial charge < -0.3 is 4.90 Å². The van der Waals surface area contributed by atoms with E-state index in [1.54, 1.807) is 0 Å². The molecule has 0 spiro atoms. The summed E-state index contributed by atoms with van der Waals surface area (Å²) < 4.78 is 0. The Balaban J connectivity index is 2.00. The lowest BCUT2D eigenvalue weighted by Crippen LogP contribution is -2.19. The Morgan fingerprint density at radius 3 is 2.54 bits per heavy atom. The quantitative estimate of drug-likeness (QED) is 0.516. The van der Waals surface area contributed by atoms with Crippen LogP contribution in [0.4, 0.5) is 0 Å². The highest BCUT2D eigenvalue weighted by Gasteiger charge is 2.28. The fraction of sp³-hybridized carbons (Fsp3) is 0.364. The van der Waals surface area contributed by atoms with E-state index in [0.717, 1.165) is 6.54 Å². The summed E-state index contributed by atoms with van der Waals surface area (Å²) in [4.78, 5) is 1.87. The van der Waals surface area contributed by atoms with Crippen LogP contribution >= 0.6 is 0 Å². The lowest BCUT2D eigenvalue weighted by atomic mass is 10.2. The van der Waals surface area contributed by atoms with Gasteiger partial charge in [-0.15, -0.1) is 0 Å². The molecule has 0 aromatic heterocycles. The van der Waals surface area contributed by atoms with E-state index in [4.69, 9.17) is 5.26 Å². The molecule has 2 heteroatoms. The molecule has 66 valence electrons. The molecule has 0 N–H and O–H groups in total. The zero-order valence-electron chi connectivity index (χ0n) is 7.48. The normalized spacial score (nSPS) is 15.0. The molecule has 0 saturated heterocycles. The summed E-state index contributed by atoms with van der Waals surface area (Å²) in [6, 6.07) is 10.7. The van der Waals surface area contributed by atoms with Crippen molar-refractivity contribution in [2.45, 2.75) is 25.4 Å². The Labute approximate surface area is 78.4 Å². The molecule has 1 aromatic rings. The Morgan fingerprint density at radius 2 is 2.00 bits per heavy atom. The molecule has 13 heavy (non-hydrogen) atoms. The maximum atomic E-state index is 8.87. The lowest BCUT2D eigenvalue weighted by Gasteiger charge is -2.13. The minimum absolute atomic E-state index is 0.519. The molecule has 0 bridgehead atoms. The SMILES string of the molecule is N#CN(Cc1ccccc1)C1CC1. The molecule has 0 amide bonds. The lowest BCUT2D eigenvalue weighted by molar-refractivity contribution is 0.375. The molecular weight excluding hydrogens is 160 g/mol. The van der Waals surface area contributed by atoms with Crippen molar-refractivity contribution in [2.24, 2.45) is 0 Å². The maximum absolute atomic E-state index is 8.87.